The second-order valence-electron chi connectivity index (χ2n) is 8.42. The van der Waals surface area contributed by atoms with Gasteiger partial charge >= 0.3 is 11.9 Å². The van der Waals surface area contributed by atoms with Crippen LogP contribution in [0.25, 0.3) is 0 Å². The quantitative estimate of drug-likeness (QED) is 0.116. The molecule has 3 amide bonds. The molecule has 0 aromatic carbocycles. The molecular weight excluding hydrogens is 466 g/mol. The number of amides is 3. The highest BCUT2D eigenvalue weighted by Crippen LogP contribution is 2.07. The molecule has 9 N–H and O–H groups in total. The third-order valence-corrected chi connectivity index (χ3v) is 5.52. The van der Waals surface area contributed by atoms with Gasteiger partial charge in [0.05, 0.1) is 12.5 Å². The summed E-state index contributed by atoms with van der Waals surface area (Å²) in [4.78, 5) is 60.8. The number of hydrogen-bond donors (Lipinski definition) is 7. The fraction of sp³-hybridized carbons (Fsp3) is 0.762. The monoisotopic (exact) mass is 505 g/mol. The second-order valence-corrected chi connectivity index (χ2v) is 9.41. The summed E-state index contributed by atoms with van der Waals surface area (Å²) in [7, 11) is 0. The largest absolute Gasteiger partial charge is 0.481 e. The minimum atomic E-state index is -1.46. The number of nitrogens with one attached hydrogen (secondary N) is 3. The van der Waals surface area contributed by atoms with Crippen molar-refractivity contribution >= 4 is 41.4 Å². The molecule has 0 aliphatic rings. The van der Waals surface area contributed by atoms with Crippen LogP contribution in [0.15, 0.2) is 0 Å². The molecule has 0 aliphatic heterocycles. The van der Waals surface area contributed by atoms with E-state index in [0.717, 1.165) is 0 Å². The van der Waals surface area contributed by atoms with E-state index in [2.05, 4.69) is 16.0 Å². The van der Waals surface area contributed by atoms with Gasteiger partial charge in [-0.3, -0.25) is 19.2 Å². The van der Waals surface area contributed by atoms with E-state index in [1.54, 1.807) is 6.26 Å². The lowest BCUT2D eigenvalue weighted by Crippen LogP contribution is -2.57. The minimum Gasteiger partial charge on any atom is -0.481 e. The minimum absolute atomic E-state index is 0.108. The smallest absolute Gasteiger partial charge is 0.326 e. The average Bonchev–Trinajstić information content (AvgIpc) is 2.74. The highest BCUT2D eigenvalue weighted by Gasteiger charge is 2.31. The number of hydrogen-bond acceptors (Lipinski definition) is 8. The Morgan fingerprint density at radius 2 is 1.41 bits per heavy atom. The number of aliphatic carboxylic acids is 2. The molecule has 0 aromatic heterocycles. The van der Waals surface area contributed by atoms with Crippen molar-refractivity contribution in [3.05, 3.63) is 0 Å². The fourth-order valence-corrected chi connectivity index (χ4v) is 3.55. The van der Waals surface area contributed by atoms with Crippen LogP contribution in [0.4, 0.5) is 0 Å². The number of carbonyl (C=O) groups is 5. The van der Waals surface area contributed by atoms with E-state index in [1.807, 2.05) is 13.8 Å². The number of nitrogens with two attached hydrogens (primary N) is 2. The first-order valence-corrected chi connectivity index (χ1v) is 12.6. The van der Waals surface area contributed by atoms with Gasteiger partial charge in [-0.25, -0.2) is 4.79 Å². The zero-order valence-corrected chi connectivity index (χ0v) is 20.9. The Morgan fingerprint density at radius 1 is 0.853 bits per heavy atom. The lowest BCUT2D eigenvalue weighted by molar-refractivity contribution is -0.143. The number of rotatable bonds is 18. The number of carboxylic acid groups (broad SMARTS) is 2. The van der Waals surface area contributed by atoms with Gasteiger partial charge in [-0.1, -0.05) is 13.8 Å². The Bertz CT molecular complexity index is 692. The predicted octanol–water partition coefficient (Wildman–Crippen LogP) is -0.744. The van der Waals surface area contributed by atoms with Crippen molar-refractivity contribution in [1.29, 1.82) is 0 Å². The van der Waals surface area contributed by atoms with E-state index in [0.29, 0.717) is 31.6 Å². The van der Waals surface area contributed by atoms with Crippen molar-refractivity contribution in [3.63, 3.8) is 0 Å². The van der Waals surface area contributed by atoms with E-state index >= 15 is 0 Å². The van der Waals surface area contributed by atoms with Gasteiger partial charge in [0.2, 0.25) is 17.7 Å². The van der Waals surface area contributed by atoms with Gasteiger partial charge < -0.3 is 37.6 Å². The SMILES string of the molecule is CSCCC(NC(=O)C(CCCCN)NC(=O)C(CC(=O)O)NC(=O)C(N)CC(C)C)C(=O)O. The maximum atomic E-state index is 12.8. The third-order valence-electron chi connectivity index (χ3n) is 4.88. The van der Waals surface area contributed by atoms with Crippen LogP contribution < -0.4 is 27.4 Å². The van der Waals surface area contributed by atoms with Gasteiger partial charge in [0, 0.05) is 0 Å². The van der Waals surface area contributed by atoms with Crippen molar-refractivity contribution in [1.82, 2.24) is 16.0 Å². The molecule has 4 unspecified atom stereocenters. The predicted molar refractivity (Wildman–Crippen MR) is 129 cm³/mol. The first-order chi connectivity index (χ1) is 15.9. The van der Waals surface area contributed by atoms with Crippen LogP contribution in [0.1, 0.15) is 52.4 Å². The van der Waals surface area contributed by atoms with Crippen LogP contribution in [0.5, 0.6) is 0 Å². The van der Waals surface area contributed by atoms with Crippen LogP contribution in [-0.2, 0) is 24.0 Å². The molecule has 0 bridgehead atoms. The molecule has 0 aliphatic carbocycles. The van der Waals surface area contributed by atoms with E-state index in [-0.39, 0.29) is 18.8 Å². The van der Waals surface area contributed by atoms with Crippen molar-refractivity contribution in [2.24, 2.45) is 17.4 Å². The van der Waals surface area contributed by atoms with Crippen LogP contribution in [-0.4, -0.2) is 82.6 Å². The number of thioether (sulfide) groups is 1. The molecule has 0 saturated carbocycles. The zero-order chi connectivity index (χ0) is 26.3. The van der Waals surface area contributed by atoms with Crippen molar-refractivity contribution < 1.29 is 34.2 Å². The van der Waals surface area contributed by atoms with Crippen LogP contribution in [0, 0.1) is 5.92 Å². The summed E-state index contributed by atoms with van der Waals surface area (Å²) >= 11 is 1.43. The number of carboxylic acids is 2. The van der Waals surface area contributed by atoms with E-state index in [4.69, 9.17) is 11.5 Å². The molecule has 0 saturated heterocycles. The summed E-state index contributed by atoms with van der Waals surface area (Å²) in [5.41, 5.74) is 11.3. The molecule has 196 valence electrons. The van der Waals surface area contributed by atoms with Crippen LogP contribution in [0.3, 0.4) is 0 Å². The number of unbranched alkanes of at least 4 members (excludes halogenated alkanes) is 1. The normalized spacial score (nSPS) is 14.5. The zero-order valence-electron chi connectivity index (χ0n) is 20.0. The lowest BCUT2D eigenvalue weighted by Gasteiger charge is -2.25. The molecule has 13 heteroatoms. The summed E-state index contributed by atoms with van der Waals surface area (Å²) < 4.78 is 0. The first-order valence-electron chi connectivity index (χ1n) is 11.2. The molecule has 0 spiro atoms. The standard InChI is InChI=1S/C21H39N5O7S/c1-12(2)10-13(23)18(29)26-16(11-17(27)28)20(31)24-14(6-4-5-8-22)19(30)25-15(21(32)33)7-9-34-3/h12-16H,4-11,22-23H2,1-3H3,(H,24,31)(H,25,30)(H,26,29)(H,27,28)(H,32,33). The molecule has 0 radical (unpaired) electrons. The molecule has 0 rings (SSSR count). The Morgan fingerprint density at radius 3 is 1.91 bits per heavy atom. The molecular formula is C21H39N5O7S. The lowest BCUT2D eigenvalue weighted by atomic mass is 10.0. The average molecular weight is 506 g/mol. The summed E-state index contributed by atoms with van der Waals surface area (Å²) in [6.45, 7) is 4.09. The Labute approximate surface area is 204 Å². The maximum absolute atomic E-state index is 12.8. The van der Waals surface area contributed by atoms with Crippen LogP contribution >= 0.6 is 11.8 Å². The summed E-state index contributed by atoms with van der Waals surface area (Å²) in [5, 5.41) is 25.8. The Kier molecular flexibility index (Phi) is 15.9. The first kappa shape index (κ1) is 31.6. The molecule has 34 heavy (non-hydrogen) atoms. The van der Waals surface area contributed by atoms with E-state index in [9.17, 15) is 34.2 Å². The number of carbonyl (C=O) groups excluding carboxylic acids is 3. The van der Waals surface area contributed by atoms with Gasteiger partial charge in [0.15, 0.2) is 0 Å². The summed E-state index contributed by atoms with van der Waals surface area (Å²) in [6, 6.07) is -4.66. The topological polar surface area (TPSA) is 214 Å². The van der Waals surface area contributed by atoms with Gasteiger partial charge in [-0.2, -0.15) is 11.8 Å². The molecule has 0 fully saturated rings. The summed E-state index contributed by atoms with van der Waals surface area (Å²) in [5.74, 6) is -4.19. The molecule has 4 atom stereocenters. The maximum Gasteiger partial charge on any atom is 0.326 e. The highest BCUT2D eigenvalue weighted by molar-refractivity contribution is 7.98. The van der Waals surface area contributed by atoms with Crippen molar-refractivity contribution in [2.75, 3.05) is 18.6 Å². The van der Waals surface area contributed by atoms with Gasteiger partial charge in [0.25, 0.3) is 0 Å². The van der Waals surface area contributed by atoms with Crippen molar-refractivity contribution in [2.45, 2.75) is 76.5 Å². The van der Waals surface area contributed by atoms with Crippen molar-refractivity contribution in [3.8, 4) is 0 Å². The van der Waals surface area contributed by atoms with Gasteiger partial charge in [0.1, 0.15) is 18.1 Å². The van der Waals surface area contributed by atoms with E-state index < -0.39 is 60.2 Å². The van der Waals surface area contributed by atoms with Gasteiger partial charge in [-0.15, -0.1) is 0 Å². The van der Waals surface area contributed by atoms with Gasteiger partial charge in [-0.05, 0) is 56.6 Å². The van der Waals surface area contributed by atoms with E-state index in [1.165, 1.54) is 11.8 Å². The molecule has 12 nitrogen and oxygen atoms in total. The Balaban J connectivity index is 5.49. The Hall–Kier alpha value is -2.38. The molecule has 0 aromatic rings. The summed E-state index contributed by atoms with van der Waals surface area (Å²) in [6.07, 6.45) is 2.81. The fourth-order valence-electron chi connectivity index (χ4n) is 3.08. The third kappa shape index (κ3) is 13.4. The molecule has 0 heterocycles. The highest BCUT2D eigenvalue weighted by atomic mass is 32.2. The second kappa shape index (κ2) is 17.1. The van der Waals surface area contributed by atoms with Crippen LogP contribution in [0.2, 0.25) is 0 Å².